The predicted molar refractivity (Wildman–Crippen MR) is 43.1 cm³/mol. The number of ether oxygens (including phenoxy) is 1. The van der Waals surface area contributed by atoms with E-state index >= 15 is 0 Å². The molecule has 0 aliphatic heterocycles. The van der Waals surface area contributed by atoms with Gasteiger partial charge in [-0.1, -0.05) is 0 Å². The van der Waals surface area contributed by atoms with E-state index in [2.05, 4.69) is 15.2 Å². The van der Waals surface area contributed by atoms with Gasteiger partial charge < -0.3 is 4.74 Å². The topological polar surface area (TPSA) is 74.1 Å². The van der Waals surface area contributed by atoms with Crippen molar-refractivity contribution in [3.05, 3.63) is 11.8 Å². The maximum absolute atomic E-state index is 8.42. The van der Waals surface area contributed by atoms with Crippen molar-refractivity contribution in [3.8, 4) is 6.07 Å². The van der Waals surface area contributed by atoms with Crippen molar-refractivity contribution >= 4 is 12.2 Å². The normalized spacial score (nSPS) is 10.0. The second kappa shape index (κ2) is 4.13. The van der Waals surface area contributed by atoms with Gasteiger partial charge in [0.1, 0.15) is 11.8 Å². The highest BCUT2D eigenvalue weighted by molar-refractivity contribution is 5.53. The molecule has 1 rings (SSSR count). The molecular formula is C7H8N4O. The molecule has 0 aliphatic carbocycles. The third-order valence-electron chi connectivity index (χ3n) is 1.11. The molecule has 0 spiro atoms. The standard InChI is InChI=1S/C7H8N4O/c1-2-12-5-9-7-3-6(4-8)10-11-7/h3,5H,2H2,1H3,(H,10,11). The average molecular weight is 164 g/mol. The summed E-state index contributed by atoms with van der Waals surface area (Å²) in [5, 5.41) is 14.7. The lowest BCUT2D eigenvalue weighted by Crippen LogP contribution is -1.83. The van der Waals surface area contributed by atoms with Crippen molar-refractivity contribution in [1.82, 2.24) is 10.2 Å². The Morgan fingerprint density at radius 1 is 1.92 bits per heavy atom. The summed E-state index contributed by atoms with van der Waals surface area (Å²) in [6, 6.07) is 3.44. The quantitative estimate of drug-likeness (QED) is 0.534. The average Bonchev–Trinajstić information content (AvgIpc) is 2.53. The lowest BCUT2D eigenvalue weighted by atomic mass is 10.5. The summed E-state index contributed by atoms with van der Waals surface area (Å²) in [5.74, 6) is 0.444. The molecule has 0 saturated heterocycles. The molecule has 0 atom stereocenters. The van der Waals surface area contributed by atoms with Gasteiger partial charge in [0.25, 0.3) is 0 Å². The summed E-state index contributed by atoms with van der Waals surface area (Å²) >= 11 is 0. The first-order valence-corrected chi connectivity index (χ1v) is 3.46. The smallest absolute Gasteiger partial charge is 0.178 e. The second-order valence-corrected chi connectivity index (χ2v) is 1.94. The van der Waals surface area contributed by atoms with Crippen LogP contribution in [0.4, 0.5) is 5.82 Å². The van der Waals surface area contributed by atoms with E-state index in [9.17, 15) is 0 Å². The first-order valence-electron chi connectivity index (χ1n) is 3.46. The fourth-order valence-electron chi connectivity index (χ4n) is 0.600. The van der Waals surface area contributed by atoms with E-state index < -0.39 is 0 Å². The van der Waals surface area contributed by atoms with E-state index in [1.807, 2.05) is 13.0 Å². The van der Waals surface area contributed by atoms with Crippen LogP contribution < -0.4 is 0 Å². The van der Waals surface area contributed by atoms with Crippen LogP contribution in [0.2, 0.25) is 0 Å². The van der Waals surface area contributed by atoms with E-state index in [0.29, 0.717) is 18.1 Å². The van der Waals surface area contributed by atoms with Gasteiger partial charge in [-0.15, -0.1) is 0 Å². The summed E-state index contributed by atoms with van der Waals surface area (Å²) in [6.45, 7) is 2.43. The number of nitrogens with one attached hydrogen (secondary N) is 1. The van der Waals surface area contributed by atoms with E-state index in [1.54, 1.807) is 0 Å². The van der Waals surface area contributed by atoms with Gasteiger partial charge in [0.15, 0.2) is 12.2 Å². The number of hydrogen-bond donors (Lipinski definition) is 1. The molecule has 0 aromatic carbocycles. The zero-order valence-corrected chi connectivity index (χ0v) is 6.61. The van der Waals surface area contributed by atoms with E-state index in [1.165, 1.54) is 12.5 Å². The predicted octanol–water partition coefficient (Wildman–Crippen LogP) is 0.978. The molecule has 0 radical (unpaired) electrons. The molecule has 5 nitrogen and oxygen atoms in total. The number of nitrogens with zero attached hydrogens (tertiary/aromatic N) is 3. The number of aromatic amines is 1. The fourth-order valence-corrected chi connectivity index (χ4v) is 0.600. The molecule has 12 heavy (non-hydrogen) atoms. The summed E-state index contributed by atoms with van der Waals surface area (Å²) in [5.41, 5.74) is 0.388. The monoisotopic (exact) mass is 164 g/mol. The van der Waals surface area contributed by atoms with E-state index in [-0.39, 0.29) is 0 Å². The minimum Gasteiger partial charge on any atom is -0.483 e. The molecule has 0 saturated carbocycles. The summed E-state index contributed by atoms with van der Waals surface area (Å²) in [6.07, 6.45) is 1.30. The van der Waals surface area contributed by atoms with Crippen molar-refractivity contribution in [1.29, 1.82) is 5.26 Å². The maximum Gasteiger partial charge on any atom is 0.178 e. The molecule has 1 heterocycles. The van der Waals surface area contributed by atoms with Crippen LogP contribution in [0.3, 0.4) is 0 Å². The van der Waals surface area contributed by atoms with Gasteiger partial charge in [0.2, 0.25) is 0 Å². The van der Waals surface area contributed by atoms with Crippen LogP contribution in [0.1, 0.15) is 12.6 Å². The van der Waals surface area contributed by atoms with Crippen LogP contribution in [-0.2, 0) is 4.74 Å². The number of H-pyrrole nitrogens is 1. The van der Waals surface area contributed by atoms with Crippen LogP contribution in [0, 0.1) is 11.3 Å². The molecule has 0 aliphatic rings. The Morgan fingerprint density at radius 3 is 3.33 bits per heavy atom. The van der Waals surface area contributed by atoms with Gasteiger partial charge in [-0.05, 0) is 6.92 Å². The highest BCUT2D eigenvalue weighted by Crippen LogP contribution is 2.06. The van der Waals surface area contributed by atoms with Crippen LogP contribution in [0.15, 0.2) is 11.1 Å². The van der Waals surface area contributed by atoms with Crippen LogP contribution in [0.5, 0.6) is 0 Å². The number of hydrogen-bond acceptors (Lipinski definition) is 4. The molecule has 62 valence electrons. The minimum absolute atomic E-state index is 0.388. The van der Waals surface area contributed by atoms with E-state index in [0.717, 1.165) is 0 Å². The summed E-state index contributed by atoms with van der Waals surface area (Å²) in [7, 11) is 0. The van der Waals surface area contributed by atoms with Gasteiger partial charge in [0, 0.05) is 6.07 Å². The van der Waals surface area contributed by atoms with Crippen molar-refractivity contribution in [2.24, 2.45) is 4.99 Å². The molecule has 0 bridgehead atoms. The third kappa shape index (κ3) is 2.09. The molecule has 0 unspecified atom stereocenters. The molecule has 1 N–H and O–H groups in total. The van der Waals surface area contributed by atoms with Gasteiger partial charge in [-0.3, -0.25) is 5.10 Å². The third-order valence-corrected chi connectivity index (χ3v) is 1.11. The number of aliphatic imine (C=N–C) groups is 1. The Labute approximate surface area is 69.7 Å². The lowest BCUT2D eigenvalue weighted by molar-refractivity contribution is 0.344. The summed E-state index contributed by atoms with van der Waals surface area (Å²) in [4.78, 5) is 3.82. The Balaban J connectivity index is 2.59. The maximum atomic E-state index is 8.42. The van der Waals surface area contributed by atoms with Gasteiger partial charge in [-0.2, -0.15) is 15.4 Å². The Morgan fingerprint density at radius 2 is 2.75 bits per heavy atom. The molecule has 5 heteroatoms. The second-order valence-electron chi connectivity index (χ2n) is 1.94. The number of rotatable bonds is 3. The number of nitriles is 1. The Bertz CT molecular complexity index is 309. The molecular weight excluding hydrogens is 156 g/mol. The van der Waals surface area contributed by atoms with E-state index in [4.69, 9.17) is 10.00 Å². The summed E-state index contributed by atoms with van der Waals surface area (Å²) < 4.78 is 4.85. The zero-order chi connectivity index (χ0) is 8.81. The van der Waals surface area contributed by atoms with Crippen molar-refractivity contribution in [2.45, 2.75) is 6.92 Å². The fraction of sp³-hybridized carbons (Fsp3) is 0.286. The molecule has 1 aromatic heterocycles. The van der Waals surface area contributed by atoms with Gasteiger partial charge >= 0.3 is 0 Å². The zero-order valence-electron chi connectivity index (χ0n) is 6.61. The van der Waals surface area contributed by atoms with Crippen LogP contribution in [-0.4, -0.2) is 23.2 Å². The first-order chi connectivity index (χ1) is 5.86. The lowest BCUT2D eigenvalue weighted by Gasteiger charge is -1.88. The molecule has 1 aromatic rings. The van der Waals surface area contributed by atoms with Crippen LogP contribution in [0.25, 0.3) is 0 Å². The highest BCUT2D eigenvalue weighted by atomic mass is 16.5. The molecule has 0 fully saturated rings. The largest absolute Gasteiger partial charge is 0.483 e. The Kier molecular flexibility index (Phi) is 2.85. The SMILES string of the molecule is CCOC=Nc1cc(C#N)[nH]n1. The van der Waals surface area contributed by atoms with Gasteiger partial charge in [0.05, 0.1) is 6.61 Å². The Hall–Kier alpha value is -1.83. The number of aromatic nitrogens is 2. The first kappa shape index (κ1) is 8.27. The van der Waals surface area contributed by atoms with Crippen LogP contribution >= 0.6 is 0 Å². The molecule has 0 amide bonds. The highest BCUT2D eigenvalue weighted by Gasteiger charge is 1.95. The van der Waals surface area contributed by atoms with Crippen molar-refractivity contribution in [3.63, 3.8) is 0 Å². The van der Waals surface area contributed by atoms with Crippen molar-refractivity contribution < 1.29 is 4.74 Å². The van der Waals surface area contributed by atoms with Crippen molar-refractivity contribution in [2.75, 3.05) is 6.61 Å². The minimum atomic E-state index is 0.388. The van der Waals surface area contributed by atoms with Gasteiger partial charge in [-0.25, -0.2) is 0 Å².